The molecule has 6 heteroatoms. The lowest BCUT2D eigenvalue weighted by molar-refractivity contribution is -0.143. The average Bonchev–Trinajstić information content (AvgIpc) is 3.18. The Labute approximate surface area is 125 Å². The van der Waals surface area contributed by atoms with E-state index in [9.17, 15) is 17.8 Å². The van der Waals surface area contributed by atoms with Crippen LogP contribution in [0.1, 0.15) is 43.7 Å². The van der Waals surface area contributed by atoms with Gasteiger partial charge < -0.3 is 4.74 Å². The van der Waals surface area contributed by atoms with Crippen LogP contribution >= 0.6 is 0 Å². The highest BCUT2D eigenvalue weighted by Crippen LogP contribution is 2.52. The maximum atomic E-state index is 11.3. The number of hydrogen-bond acceptors (Lipinski definition) is 4. The van der Waals surface area contributed by atoms with Crippen LogP contribution in [-0.4, -0.2) is 25.5 Å². The van der Waals surface area contributed by atoms with Crippen molar-refractivity contribution in [1.82, 2.24) is 0 Å². The number of carbonyl (C=O) groups excluding carboxylic acids is 1. The number of hydrogen-bond donors (Lipinski definition) is 1. The Morgan fingerprint density at radius 2 is 2.05 bits per heavy atom. The van der Waals surface area contributed by atoms with E-state index in [1.54, 1.807) is 19.1 Å². The molecule has 0 saturated heterocycles. The Morgan fingerprint density at radius 3 is 2.57 bits per heavy atom. The van der Waals surface area contributed by atoms with E-state index in [4.69, 9.17) is 4.74 Å². The zero-order valence-corrected chi connectivity index (χ0v) is 13.1. The third-order valence-electron chi connectivity index (χ3n) is 4.06. The molecule has 2 rings (SSSR count). The molecule has 0 radical (unpaired) electrons. The second-order valence-corrected chi connectivity index (χ2v) is 6.98. The van der Waals surface area contributed by atoms with Crippen molar-refractivity contribution in [1.29, 1.82) is 0 Å². The number of rotatable bonds is 6. The molecule has 1 aliphatic carbocycles. The van der Waals surface area contributed by atoms with Crippen LogP contribution in [-0.2, 0) is 25.1 Å². The highest BCUT2D eigenvalue weighted by atomic mass is 32.2. The Morgan fingerprint density at radius 1 is 1.38 bits per heavy atom. The predicted molar refractivity (Wildman–Crippen MR) is 77.8 cm³/mol. The fourth-order valence-corrected chi connectivity index (χ4v) is 3.11. The maximum Gasteiger partial charge on any atom is 0.305 e. The summed E-state index contributed by atoms with van der Waals surface area (Å²) < 4.78 is 36.8. The molecule has 21 heavy (non-hydrogen) atoms. The molecule has 0 spiro atoms. The van der Waals surface area contributed by atoms with Gasteiger partial charge >= 0.3 is 5.97 Å². The predicted octanol–water partition coefficient (Wildman–Crippen LogP) is 2.62. The molecule has 0 aliphatic heterocycles. The molecule has 0 atom stereocenters. The van der Waals surface area contributed by atoms with E-state index in [1.807, 2.05) is 6.92 Å². The van der Waals surface area contributed by atoms with Crippen LogP contribution in [0.3, 0.4) is 0 Å². The van der Waals surface area contributed by atoms with Gasteiger partial charge in [0.05, 0.1) is 11.5 Å². The van der Waals surface area contributed by atoms with E-state index in [0.29, 0.717) is 19.4 Å². The molecule has 0 unspecified atom stereocenters. The van der Waals surface area contributed by atoms with E-state index in [0.717, 1.165) is 24.0 Å². The Bertz CT molecular complexity index is 644. The van der Waals surface area contributed by atoms with Crippen molar-refractivity contribution in [2.24, 2.45) is 0 Å². The fraction of sp³-hybridized carbons (Fsp3) is 0.533. The zero-order valence-electron chi connectivity index (χ0n) is 12.3. The fourth-order valence-electron chi connectivity index (χ4n) is 2.60. The first kappa shape index (κ1) is 16.0. The van der Waals surface area contributed by atoms with Gasteiger partial charge in [-0.3, -0.25) is 9.35 Å². The molecule has 1 N–H and O–H groups in total. The second-order valence-electron chi connectivity index (χ2n) is 5.56. The Hall–Kier alpha value is -1.40. The third-order valence-corrected chi connectivity index (χ3v) is 4.91. The normalized spacial score (nSPS) is 16.5. The smallest absolute Gasteiger partial charge is 0.305 e. The summed E-state index contributed by atoms with van der Waals surface area (Å²) in [5.41, 5.74) is 1.78. The molecule has 5 nitrogen and oxygen atoms in total. The van der Waals surface area contributed by atoms with E-state index >= 15 is 0 Å². The molecule has 1 aromatic rings. The summed E-state index contributed by atoms with van der Waals surface area (Å²) >= 11 is 0. The SMILES string of the molecule is CCC(=O)OCCC1(c2cc(S(=O)(=O)O)ccc2C)CC1. The van der Waals surface area contributed by atoms with Crippen LogP contribution in [0, 0.1) is 6.92 Å². The largest absolute Gasteiger partial charge is 0.466 e. The molecular weight excluding hydrogens is 292 g/mol. The van der Waals surface area contributed by atoms with Crippen LogP contribution in [0.15, 0.2) is 23.1 Å². The standard InChI is InChI=1S/C15H20O5S/c1-3-14(16)20-9-8-15(6-7-15)13-10-12(21(17,18)19)5-4-11(13)2/h4-5,10H,3,6-9H2,1-2H3,(H,17,18,19). The lowest BCUT2D eigenvalue weighted by Gasteiger charge is -2.19. The molecule has 0 aromatic heterocycles. The van der Waals surface area contributed by atoms with Crippen LogP contribution in [0.4, 0.5) is 0 Å². The number of carbonyl (C=O) groups is 1. The van der Waals surface area contributed by atoms with Crippen LogP contribution < -0.4 is 0 Å². The van der Waals surface area contributed by atoms with Crippen molar-refractivity contribution in [3.63, 3.8) is 0 Å². The minimum atomic E-state index is -4.20. The van der Waals surface area contributed by atoms with E-state index in [1.165, 1.54) is 6.07 Å². The number of esters is 1. The molecule has 0 amide bonds. The quantitative estimate of drug-likeness (QED) is 0.645. The van der Waals surface area contributed by atoms with E-state index in [-0.39, 0.29) is 16.3 Å². The summed E-state index contributed by atoms with van der Waals surface area (Å²) in [5.74, 6) is -0.228. The summed E-state index contributed by atoms with van der Waals surface area (Å²) in [5, 5.41) is 0. The minimum Gasteiger partial charge on any atom is -0.466 e. The Kier molecular flexibility index (Phi) is 4.39. The first-order valence-electron chi connectivity index (χ1n) is 7.03. The van der Waals surface area contributed by atoms with Gasteiger partial charge in [-0.25, -0.2) is 0 Å². The summed E-state index contributed by atoms with van der Waals surface area (Å²) in [6, 6.07) is 4.65. The maximum absolute atomic E-state index is 11.3. The molecule has 1 aliphatic rings. The molecule has 1 fully saturated rings. The number of benzene rings is 1. The van der Waals surface area contributed by atoms with Crippen molar-refractivity contribution in [3.05, 3.63) is 29.3 Å². The summed E-state index contributed by atoms with van der Waals surface area (Å²) in [6.07, 6.45) is 2.90. The topological polar surface area (TPSA) is 80.7 Å². The van der Waals surface area contributed by atoms with E-state index in [2.05, 4.69) is 0 Å². The van der Waals surface area contributed by atoms with Gasteiger partial charge in [0.2, 0.25) is 0 Å². The summed E-state index contributed by atoms with van der Waals surface area (Å²) in [4.78, 5) is 11.1. The van der Waals surface area contributed by atoms with Crippen molar-refractivity contribution >= 4 is 16.1 Å². The zero-order chi connectivity index (χ0) is 15.7. The average molecular weight is 312 g/mol. The summed E-state index contributed by atoms with van der Waals surface area (Å²) in [7, 11) is -4.20. The van der Waals surface area contributed by atoms with Crippen molar-refractivity contribution in [2.45, 2.75) is 49.8 Å². The lowest BCUT2D eigenvalue weighted by Crippen LogP contribution is -2.15. The lowest BCUT2D eigenvalue weighted by atomic mass is 9.89. The van der Waals surface area contributed by atoms with Gasteiger partial charge in [-0.1, -0.05) is 13.0 Å². The van der Waals surface area contributed by atoms with Crippen molar-refractivity contribution in [2.75, 3.05) is 6.61 Å². The molecule has 0 bridgehead atoms. The Balaban J connectivity index is 2.19. The molecule has 0 heterocycles. The molecule has 1 saturated carbocycles. The van der Waals surface area contributed by atoms with Crippen molar-refractivity contribution in [3.8, 4) is 0 Å². The monoisotopic (exact) mass is 312 g/mol. The van der Waals surface area contributed by atoms with Gasteiger partial charge in [-0.15, -0.1) is 0 Å². The van der Waals surface area contributed by atoms with Crippen LogP contribution in [0.25, 0.3) is 0 Å². The first-order valence-corrected chi connectivity index (χ1v) is 8.47. The van der Waals surface area contributed by atoms with Gasteiger partial charge in [0.1, 0.15) is 0 Å². The number of ether oxygens (including phenoxy) is 1. The number of aryl methyl sites for hydroxylation is 1. The van der Waals surface area contributed by atoms with Crippen molar-refractivity contribution < 1.29 is 22.5 Å². The van der Waals surface area contributed by atoms with Gasteiger partial charge in [-0.2, -0.15) is 8.42 Å². The van der Waals surface area contributed by atoms with Crippen LogP contribution in [0.5, 0.6) is 0 Å². The van der Waals surface area contributed by atoms with Gasteiger partial charge in [0.25, 0.3) is 10.1 Å². The van der Waals surface area contributed by atoms with E-state index < -0.39 is 10.1 Å². The molecule has 1 aromatic carbocycles. The van der Waals surface area contributed by atoms with Gasteiger partial charge in [0, 0.05) is 6.42 Å². The third kappa shape index (κ3) is 3.63. The highest BCUT2D eigenvalue weighted by molar-refractivity contribution is 7.85. The second kappa shape index (κ2) is 5.77. The summed E-state index contributed by atoms with van der Waals surface area (Å²) in [6.45, 7) is 4.00. The first-order chi connectivity index (χ1) is 9.78. The molecule has 116 valence electrons. The minimum absolute atomic E-state index is 0.0834. The van der Waals surface area contributed by atoms with Crippen LogP contribution in [0.2, 0.25) is 0 Å². The van der Waals surface area contributed by atoms with Gasteiger partial charge in [-0.05, 0) is 54.9 Å². The molecular formula is C15H20O5S. The highest BCUT2D eigenvalue weighted by Gasteiger charge is 2.45. The van der Waals surface area contributed by atoms with Gasteiger partial charge in [0.15, 0.2) is 0 Å².